The van der Waals surface area contributed by atoms with Gasteiger partial charge in [-0.2, -0.15) is 0 Å². The van der Waals surface area contributed by atoms with Crippen molar-refractivity contribution in [1.29, 1.82) is 0 Å². The number of pyridine rings is 2. The number of hydrogen-bond acceptors (Lipinski definition) is 8. The van der Waals surface area contributed by atoms with E-state index in [0.29, 0.717) is 34.9 Å². The number of nitrogens with zero attached hydrogens (tertiary/aromatic N) is 8. The summed E-state index contributed by atoms with van der Waals surface area (Å²) >= 11 is 0. The van der Waals surface area contributed by atoms with Crippen LogP contribution in [0, 0.1) is 0 Å². The first-order chi connectivity index (χ1) is 53.5. The van der Waals surface area contributed by atoms with E-state index >= 15 is 0 Å². The van der Waals surface area contributed by atoms with Gasteiger partial charge in [-0.25, -0.2) is 39.9 Å². The van der Waals surface area contributed by atoms with Crippen molar-refractivity contribution in [1.82, 2.24) is 39.9 Å². The van der Waals surface area contributed by atoms with Crippen LogP contribution in [0.25, 0.3) is 200 Å². The molecule has 0 aliphatic carbocycles. The monoisotopic (exact) mass is 1380 g/mol. The first-order valence-electron chi connectivity index (χ1n) is 36.3. The minimum atomic E-state index is 0.623. The van der Waals surface area contributed by atoms with E-state index in [1.807, 2.05) is 72.8 Å². The molecular formula is C100H64N8. The van der Waals surface area contributed by atoms with E-state index in [1.54, 1.807) is 0 Å². The third kappa shape index (κ3) is 12.8. The summed E-state index contributed by atoms with van der Waals surface area (Å²) in [5.74, 6) is 3.80. The average molecular weight is 1380 g/mol. The van der Waals surface area contributed by atoms with Crippen LogP contribution in [-0.2, 0) is 0 Å². The van der Waals surface area contributed by atoms with E-state index in [9.17, 15) is 0 Å². The van der Waals surface area contributed by atoms with Crippen molar-refractivity contribution in [2.24, 2.45) is 0 Å². The summed E-state index contributed by atoms with van der Waals surface area (Å²) in [5.41, 5.74) is 20.7. The van der Waals surface area contributed by atoms with Gasteiger partial charge in [0.15, 0.2) is 34.9 Å². The Kier molecular flexibility index (Phi) is 16.8. The van der Waals surface area contributed by atoms with E-state index in [1.165, 1.54) is 48.8 Å². The number of fused-ring (bicyclic) bond motifs is 9. The lowest BCUT2D eigenvalue weighted by Crippen LogP contribution is -2.00. The summed E-state index contributed by atoms with van der Waals surface area (Å²) in [4.78, 5) is 40.4. The average Bonchev–Trinajstić information content (AvgIpc) is 0.759. The van der Waals surface area contributed by atoms with Crippen molar-refractivity contribution in [3.05, 3.63) is 388 Å². The van der Waals surface area contributed by atoms with Crippen LogP contribution >= 0.6 is 0 Å². The van der Waals surface area contributed by atoms with Gasteiger partial charge in [0.25, 0.3) is 0 Å². The zero-order valence-electron chi connectivity index (χ0n) is 58.5. The number of rotatable bonds is 12. The molecule has 4 aromatic heterocycles. The Morgan fingerprint density at radius 3 is 1.01 bits per heavy atom. The highest BCUT2D eigenvalue weighted by Gasteiger charge is 2.19. The van der Waals surface area contributed by atoms with E-state index in [0.717, 1.165) is 116 Å². The van der Waals surface area contributed by atoms with Gasteiger partial charge in [0.2, 0.25) is 0 Å². The third-order valence-electron chi connectivity index (χ3n) is 20.2. The Labute approximate surface area is 624 Å². The highest BCUT2D eigenvalue weighted by Crippen LogP contribution is 2.40. The topological polar surface area (TPSA) is 103 Å². The van der Waals surface area contributed by atoms with Crippen molar-refractivity contribution in [3.8, 4) is 135 Å². The minimum absolute atomic E-state index is 0.623. The Hall–Kier alpha value is -14.6. The normalized spacial score (nSPS) is 11.3. The zero-order valence-corrected chi connectivity index (χ0v) is 58.5. The molecule has 0 saturated carbocycles. The van der Waals surface area contributed by atoms with Gasteiger partial charge in [-0.1, -0.05) is 346 Å². The number of para-hydroxylation sites is 1. The lowest BCUT2D eigenvalue weighted by Gasteiger charge is -2.13. The molecule has 504 valence electrons. The van der Waals surface area contributed by atoms with Gasteiger partial charge >= 0.3 is 0 Å². The van der Waals surface area contributed by atoms with Crippen LogP contribution < -0.4 is 0 Å². The third-order valence-corrected chi connectivity index (χ3v) is 20.2. The molecule has 0 aliphatic rings. The minimum Gasteiger partial charge on any atom is -0.247 e. The Bertz CT molecular complexity index is 6760. The van der Waals surface area contributed by atoms with Crippen molar-refractivity contribution in [2.75, 3.05) is 0 Å². The first kappa shape index (κ1) is 64.3. The predicted octanol–water partition coefficient (Wildman–Crippen LogP) is 25.5. The molecule has 0 fully saturated rings. The molecule has 0 N–H and O–H groups in total. The SMILES string of the molecule is c1ccc(-c2ccc(-c3nc(-c4ccccc4)nc(-c4ccc(-c5cccc(-c6ccc7ccc8c9ccccc9ccc8c7n6)c5)cc4)n3)cc2)cc1.c1ccc(-c2ccc(-c3nc(-c4ccccc4)nc(-c4cccc(-c5cccc(-c6nc7ccccc7c7cc8ccccc8cc67)c5)c4)n3)cc2)cc1. The fourth-order valence-electron chi connectivity index (χ4n) is 14.6. The molecule has 8 heteroatoms. The second-order valence-electron chi connectivity index (χ2n) is 27.0. The van der Waals surface area contributed by atoms with Crippen molar-refractivity contribution in [2.45, 2.75) is 0 Å². The Morgan fingerprint density at radius 1 is 0.139 bits per heavy atom. The molecule has 0 radical (unpaired) electrons. The molecule has 0 bridgehead atoms. The summed E-state index contributed by atoms with van der Waals surface area (Å²) in [6, 6.07) is 135. The lowest BCUT2D eigenvalue weighted by atomic mass is 9.95. The smallest absolute Gasteiger partial charge is 0.164 e. The van der Waals surface area contributed by atoms with Gasteiger partial charge in [-0.05, 0) is 119 Å². The maximum atomic E-state index is 5.25. The maximum Gasteiger partial charge on any atom is 0.164 e. The Morgan fingerprint density at radius 2 is 0.472 bits per heavy atom. The molecule has 0 unspecified atom stereocenters. The zero-order chi connectivity index (χ0) is 71.7. The standard InChI is InChI=1S/2C50H32N4/c1-3-13-33(14-4-1)34-25-27-36(28-26-34)49-52-48(35-15-5-2-6-16-35)53-50(54-49)42-22-12-20-38(30-42)37-19-11-21-41(29-37)47-45-32-40-18-8-7-17-39(40)31-44(45)43-23-9-10-24-46(43)51-47;1-3-10-33(11-4-1)34-18-22-39(23-19-34)49-52-48(38-13-5-2-6-14-38)53-50(54-49)40-24-20-35(21-25-40)41-15-9-16-42(32-41)46-31-28-37-27-29-44-43-17-8-7-12-36(43)26-30-45(44)47(37)51-46/h2*1-32H. The molecule has 0 aliphatic heterocycles. The Balaban J connectivity index is 0.000000147. The largest absolute Gasteiger partial charge is 0.247 e. The summed E-state index contributed by atoms with van der Waals surface area (Å²) in [7, 11) is 0. The van der Waals surface area contributed by atoms with Crippen LogP contribution in [0.5, 0.6) is 0 Å². The number of benzene rings is 16. The highest BCUT2D eigenvalue weighted by atomic mass is 15.0. The molecule has 20 rings (SSSR count). The molecule has 8 nitrogen and oxygen atoms in total. The summed E-state index contributed by atoms with van der Waals surface area (Å²) in [5, 5.41) is 11.9. The van der Waals surface area contributed by atoms with Gasteiger partial charge in [-0.3, -0.25) is 0 Å². The fraction of sp³-hybridized carbons (Fsp3) is 0. The fourth-order valence-corrected chi connectivity index (χ4v) is 14.6. The molecular weight excluding hydrogens is 1310 g/mol. The molecule has 20 aromatic rings. The van der Waals surface area contributed by atoms with Gasteiger partial charge in [0.1, 0.15) is 0 Å². The van der Waals surface area contributed by atoms with Crippen LogP contribution in [0.1, 0.15) is 0 Å². The van der Waals surface area contributed by atoms with Crippen molar-refractivity contribution in [3.63, 3.8) is 0 Å². The lowest BCUT2D eigenvalue weighted by molar-refractivity contribution is 1.07. The quantitative estimate of drug-likeness (QED) is 0.0880. The van der Waals surface area contributed by atoms with Gasteiger partial charge in [0, 0.05) is 66.1 Å². The van der Waals surface area contributed by atoms with Gasteiger partial charge in [-0.15, -0.1) is 0 Å². The van der Waals surface area contributed by atoms with E-state index in [2.05, 4.69) is 315 Å². The van der Waals surface area contributed by atoms with Crippen molar-refractivity contribution < 1.29 is 0 Å². The summed E-state index contributed by atoms with van der Waals surface area (Å²) in [6.45, 7) is 0. The molecule has 4 heterocycles. The molecule has 0 saturated heterocycles. The van der Waals surface area contributed by atoms with Crippen LogP contribution in [0.2, 0.25) is 0 Å². The van der Waals surface area contributed by atoms with E-state index in [4.69, 9.17) is 39.9 Å². The molecule has 0 amide bonds. The molecule has 0 atom stereocenters. The highest BCUT2D eigenvalue weighted by molar-refractivity contribution is 6.17. The van der Waals surface area contributed by atoms with E-state index in [-0.39, 0.29) is 0 Å². The van der Waals surface area contributed by atoms with Gasteiger partial charge in [0.05, 0.1) is 22.4 Å². The second-order valence-corrected chi connectivity index (χ2v) is 27.0. The predicted molar refractivity (Wildman–Crippen MR) is 446 cm³/mol. The van der Waals surface area contributed by atoms with Crippen molar-refractivity contribution >= 4 is 64.9 Å². The number of hydrogen-bond donors (Lipinski definition) is 0. The van der Waals surface area contributed by atoms with Crippen LogP contribution in [0.4, 0.5) is 0 Å². The van der Waals surface area contributed by atoms with Crippen LogP contribution in [0.3, 0.4) is 0 Å². The second kappa shape index (κ2) is 28.2. The van der Waals surface area contributed by atoms with Gasteiger partial charge < -0.3 is 0 Å². The first-order valence-corrected chi connectivity index (χ1v) is 36.3. The maximum absolute atomic E-state index is 5.25. The van der Waals surface area contributed by atoms with Crippen LogP contribution in [0.15, 0.2) is 388 Å². The summed E-state index contributed by atoms with van der Waals surface area (Å²) in [6.07, 6.45) is 0. The molecule has 0 spiro atoms. The summed E-state index contributed by atoms with van der Waals surface area (Å²) < 4.78 is 0. The van der Waals surface area contributed by atoms with Crippen LogP contribution in [-0.4, -0.2) is 39.9 Å². The molecule has 108 heavy (non-hydrogen) atoms. The molecule has 16 aromatic carbocycles. The number of aromatic nitrogens is 8. The van der Waals surface area contributed by atoms with E-state index < -0.39 is 0 Å².